The van der Waals surface area contributed by atoms with Gasteiger partial charge in [0.05, 0.1) is 19.9 Å². The summed E-state index contributed by atoms with van der Waals surface area (Å²) in [4.78, 5) is 28.5. The van der Waals surface area contributed by atoms with Crippen LogP contribution in [0.4, 0.5) is 5.82 Å². The standard InChI is InChI=1S/C20H20N4O4/c1-13-8-9-21-18(10-13)22-19(25)12-24-20(26)7-5-15(23-24)14-4-6-16(27-2)17(11-14)28-3/h4-11H,12H2,1-3H3,(H,21,22,25). The molecule has 0 unspecified atom stereocenters. The number of carbonyl (C=O) groups excluding carboxylic acids is 1. The summed E-state index contributed by atoms with van der Waals surface area (Å²) in [6.07, 6.45) is 1.60. The van der Waals surface area contributed by atoms with Crippen LogP contribution in [0.2, 0.25) is 0 Å². The Kier molecular flexibility index (Phi) is 5.69. The SMILES string of the molecule is COc1ccc(-c2ccc(=O)n(CC(=O)Nc3cc(C)ccn3)n2)cc1OC. The molecule has 1 N–H and O–H groups in total. The van der Waals surface area contributed by atoms with Crippen molar-refractivity contribution in [3.63, 3.8) is 0 Å². The summed E-state index contributed by atoms with van der Waals surface area (Å²) >= 11 is 0. The van der Waals surface area contributed by atoms with E-state index in [-0.39, 0.29) is 12.1 Å². The molecule has 1 aromatic carbocycles. The number of aryl methyl sites for hydroxylation is 1. The monoisotopic (exact) mass is 380 g/mol. The van der Waals surface area contributed by atoms with Crippen molar-refractivity contribution in [1.82, 2.24) is 14.8 Å². The number of benzene rings is 1. The fraction of sp³-hybridized carbons (Fsp3) is 0.200. The molecule has 0 fully saturated rings. The van der Waals surface area contributed by atoms with E-state index in [2.05, 4.69) is 15.4 Å². The van der Waals surface area contributed by atoms with Gasteiger partial charge in [-0.25, -0.2) is 9.67 Å². The van der Waals surface area contributed by atoms with Crippen LogP contribution in [-0.2, 0) is 11.3 Å². The molecule has 0 aliphatic heterocycles. The third kappa shape index (κ3) is 4.35. The Morgan fingerprint density at radius 3 is 2.57 bits per heavy atom. The lowest BCUT2D eigenvalue weighted by Crippen LogP contribution is -2.29. The Bertz CT molecular complexity index is 1060. The molecule has 0 spiro atoms. The number of anilines is 1. The second kappa shape index (κ2) is 8.34. The van der Waals surface area contributed by atoms with Crippen LogP contribution in [0, 0.1) is 6.92 Å². The lowest BCUT2D eigenvalue weighted by Gasteiger charge is -2.11. The molecule has 8 heteroatoms. The van der Waals surface area contributed by atoms with Crippen molar-refractivity contribution in [2.45, 2.75) is 13.5 Å². The highest BCUT2D eigenvalue weighted by Gasteiger charge is 2.11. The van der Waals surface area contributed by atoms with E-state index < -0.39 is 5.91 Å². The first-order valence-corrected chi connectivity index (χ1v) is 8.53. The molecule has 0 saturated heterocycles. The lowest BCUT2D eigenvalue weighted by atomic mass is 10.1. The van der Waals surface area contributed by atoms with Gasteiger partial charge in [0.1, 0.15) is 12.4 Å². The van der Waals surface area contributed by atoms with Gasteiger partial charge in [-0.05, 0) is 48.9 Å². The summed E-state index contributed by atoms with van der Waals surface area (Å²) in [6, 6.07) is 11.9. The zero-order valence-corrected chi connectivity index (χ0v) is 15.8. The maximum absolute atomic E-state index is 12.3. The number of amides is 1. The second-order valence-corrected chi connectivity index (χ2v) is 6.05. The minimum Gasteiger partial charge on any atom is -0.493 e. The Labute approximate surface area is 161 Å². The Morgan fingerprint density at radius 1 is 1.07 bits per heavy atom. The van der Waals surface area contributed by atoms with E-state index in [1.165, 1.54) is 6.07 Å². The van der Waals surface area contributed by atoms with Gasteiger partial charge in [0, 0.05) is 17.8 Å². The van der Waals surface area contributed by atoms with Gasteiger partial charge in [-0.1, -0.05) is 0 Å². The molecule has 0 bridgehead atoms. The second-order valence-electron chi connectivity index (χ2n) is 6.05. The molecule has 0 atom stereocenters. The van der Waals surface area contributed by atoms with Crippen LogP contribution < -0.4 is 20.3 Å². The number of methoxy groups -OCH3 is 2. The van der Waals surface area contributed by atoms with Crippen LogP contribution in [-0.4, -0.2) is 34.9 Å². The molecule has 3 rings (SSSR count). The van der Waals surface area contributed by atoms with Crippen LogP contribution >= 0.6 is 0 Å². The van der Waals surface area contributed by atoms with Gasteiger partial charge < -0.3 is 14.8 Å². The average molecular weight is 380 g/mol. The average Bonchev–Trinajstić information content (AvgIpc) is 2.69. The van der Waals surface area contributed by atoms with Crippen molar-refractivity contribution >= 4 is 11.7 Å². The molecule has 0 saturated carbocycles. The van der Waals surface area contributed by atoms with E-state index in [0.717, 1.165) is 15.8 Å². The Balaban J connectivity index is 1.83. The number of ether oxygens (including phenoxy) is 2. The highest BCUT2D eigenvalue weighted by molar-refractivity contribution is 5.89. The summed E-state index contributed by atoms with van der Waals surface area (Å²) in [5, 5.41) is 6.96. The van der Waals surface area contributed by atoms with Crippen molar-refractivity contribution < 1.29 is 14.3 Å². The zero-order chi connectivity index (χ0) is 20.1. The van der Waals surface area contributed by atoms with Crippen molar-refractivity contribution in [3.8, 4) is 22.8 Å². The number of pyridine rings is 1. The van der Waals surface area contributed by atoms with Crippen LogP contribution in [0.15, 0.2) is 53.5 Å². The number of hydrogen-bond donors (Lipinski definition) is 1. The number of hydrogen-bond acceptors (Lipinski definition) is 6. The molecular formula is C20H20N4O4. The summed E-state index contributed by atoms with van der Waals surface area (Å²) < 4.78 is 11.6. The first-order valence-electron chi connectivity index (χ1n) is 8.53. The van der Waals surface area contributed by atoms with Gasteiger partial charge in [-0.15, -0.1) is 0 Å². The molecule has 0 aliphatic carbocycles. The largest absolute Gasteiger partial charge is 0.493 e. The summed E-state index contributed by atoms with van der Waals surface area (Å²) in [5.74, 6) is 1.17. The molecule has 2 aromatic heterocycles. The van der Waals surface area contributed by atoms with Crippen LogP contribution in [0.5, 0.6) is 11.5 Å². The predicted molar refractivity (Wildman–Crippen MR) is 105 cm³/mol. The third-order valence-electron chi connectivity index (χ3n) is 4.02. The first-order chi connectivity index (χ1) is 13.5. The molecular weight excluding hydrogens is 360 g/mol. The Morgan fingerprint density at radius 2 is 1.86 bits per heavy atom. The number of aromatic nitrogens is 3. The molecule has 0 aliphatic rings. The van der Waals surface area contributed by atoms with Crippen molar-refractivity contribution in [2.24, 2.45) is 0 Å². The quantitative estimate of drug-likeness (QED) is 0.705. The van der Waals surface area contributed by atoms with Gasteiger partial charge in [0.2, 0.25) is 5.91 Å². The van der Waals surface area contributed by atoms with Gasteiger partial charge in [0.25, 0.3) is 5.56 Å². The summed E-state index contributed by atoms with van der Waals surface area (Å²) in [7, 11) is 3.09. The van der Waals surface area contributed by atoms with Crippen molar-refractivity contribution in [1.29, 1.82) is 0 Å². The predicted octanol–water partition coefficient (Wildman–Crippen LogP) is 2.27. The highest BCUT2D eigenvalue weighted by Crippen LogP contribution is 2.31. The smallest absolute Gasteiger partial charge is 0.267 e. The third-order valence-corrected chi connectivity index (χ3v) is 4.02. The molecule has 2 heterocycles. The maximum atomic E-state index is 12.3. The highest BCUT2D eigenvalue weighted by atomic mass is 16.5. The minimum atomic E-state index is -0.392. The van der Waals surface area contributed by atoms with Crippen LogP contribution in [0.3, 0.4) is 0 Å². The molecule has 144 valence electrons. The number of carbonyl (C=O) groups is 1. The van der Waals surface area contributed by atoms with E-state index in [1.54, 1.807) is 50.7 Å². The summed E-state index contributed by atoms with van der Waals surface area (Å²) in [6.45, 7) is 1.67. The number of rotatable bonds is 6. The first kappa shape index (κ1) is 19.1. The van der Waals surface area contributed by atoms with Crippen molar-refractivity contribution in [2.75, 3.05) is 19.5 Å². The zero-order valence-electron chi connectivity index (χ0n) is 15.8. The maximum Gasteiger partial charge on any atom is 0.267 e. The Hall–Kier alpha value is -3.68. The molecule has 8 nitrogen and oxygen atoms in total. The van der Waals surface area contributed by atoms with Gasteiger partial charge in [-0.3, -0.25) is 9.59 Å². The minimum absolute atomic E-state index is 0.227. The van der Waals surface area contributed by atoms with E-state index in [9.17, 15) is 9.59 Å². The van der Waals surface area contributed by atoms with Crippen LogP contribution in [0.25, 0.3) is 11.3 Å². The molecule has 28 heavy (non-hydrogen) atoms. The fourth-order valence-electron chi connectivity index (χ4n) is 2.63. The fourth-order valence-corrected chi connectivity index (χ4v) is 2.63. The van der Waals surface area contributed by atoms with Crippen LogP contribution in [0.1, 0.15) is 5.56 Å². The van der Waals surface area contributed by atoms with Gasteiger partial charge in [0.15, 0.2) is 11.5 Å². The lowest BCUT2D eigenvalue weighted by molar-refractivity contribution is -0.117. The summed E-state index contributed by atoms with van der Waals surface area (Å²) in [5.41, 5.74) is 1.85. The van der Waals surface area contributed by atoms with E-state index in [4.69, 9.17) is 9.47 Å². The number of nitrogens with zero attached hydrogens (tertiary/aromatic N) is 3. The van der Waals surface area contributed by atoms with Gasteiger partial charge >= 0.3 is 0 Å². The van der Waals surface area contributed by atoms with E-state index >= 15 is 0 Å². The normalized spacial score (nSPS) is 10.4. The molecule has 1 amide bonds. The van der Waals surface area contributed by atoms with Gasteiger partial charge in [-0.2, -0.15) is 5.10 Å². The molecule has 0 radical (unpaired) electrons. The number of nitrogens with one attached hydrogen (secondary N) is 1. The van der Waals surface area contributed by atoms with E-state index in [0.29, 0.717) is 23.0 Å². The topological polar surface area (TPSA) is 95.3 Å². The van der Waals surface area contributed by atoms with E-state index in [1.807, 2.05) is 13.0 Å². The van der Waals surface area contributed by atoms with Crippen molar-refractivity contribution in [3.05, 3.63) is 64.6 Å². The molecule has 3 aromatic rings.